The molecule has 0 aliphatic carbocycles. The molecule has 0 bridgehead atoms. The molecule has 0 saturated heterocycles. The number of nitrogens with zero attached hydrogens (tertiary/aromatic N) is 1. The molecule has 2 nitrogen and oxygen atoms in total. The molecule has 0 spiro atoms. The first-order valence-electron chi connectivity index (χ1n) is 3.83. The molecule has 2 heteroatoms. The second-order valence-corrected chi connectivity index (χ2v) is 2.95. The molecule has 60 valence electrons. The van der Waals surface area contributed by atoms with Crippen LogP contribution in [0.1, 0.15) is 27.7 Å². The third kappa shape index (κ3) is 3.49. The van der Waals surface area contributed by atoms with E-state index in [9.17, 15) is 4.79 Å². The van der Waals surface area contributed by atoms with Crippen molar-refractivity contribution in [3.05, 3.63) is 0 Å². The third-order valence-electron chi connectivity index (χ3n) is 1.41. The van der Waals surface area contributed by atoms with Gasteiger partial charge in [-0.1, -0.05) is 13.8 Å². The van der Waals surface area contributed by atoms with Crippen LogP contribution in [-0.4, -0.2) is 23.9 Å². The molecule has 10 heavy (non-hydrogen) atoms. The van der Waals surface area contributed by atoms with Crippen LogP contribution in [0.2, 0.25) is 0 Å². The molecule has 0 radical (unpaired) electrons. The molecule has 0 aromatic rings. The maximum atomic E-state index is 10.8. The predicted octanol–water partition coefficient (Wildman–Crippen LogP) is 1.51. The summed E-state index contributed by atoms with van der Waals surface area (Å²) in [6, 6.07) is 0. The summed E-state index contributed by atoms with van der Waals surface area (Å²) in [5.41, 5.74) is 0. The molecule has 0 aliphatic heterocycles. The van der Waals surface area contributed by atoms with Crippen molar-refractivity contribution in [3.8, 4) is 0 Å². The molecule has 0 rings (SSSR count). The number of hydrogen-bond donors (Lipinski definition) is 0. The Balaban J connectivity index is 3.72. The summed E-state index contributed by atoms with van der Waals surface area (Å²) in [6.45, 7) is 9.56. The highest BCUT2D eigenvalue weighted by Gasteiger charge is 2.06. The summed E-state index contributed by atoms with van der Waals surface area (Å²) >= 11 is 0. The molecular formula is C8H17NO. The van der Waals surface area contributed by atoms with Gasteiger partial charge < -0.3 is 4.90 Å². The lowest BCUT2D eigenvalue weighted by Gasteiger charge is -2.20. The van der Waals surface area contributed by atoms with E-state index in [4.69, 9.17) is 0 Å². The molecule has 0 heterocycles. The Bertz CT molecular complexity index is 110. The minimum atomic E-state index is 0.177. The summed E-state index contributed by atoms with van der Waals surface area (Å²) in [6.07, 6.45) is 0. The average molecular weight is 143 g/mol. The van der Waals surface area contributed by atoms with Gasteiger partial charge in [0.25, 0.3) is 0 Å². The Labute approximate surface area is 63.2 Å². The zero-order valence-electron chi connectivity index (χ0n) is 7.35. The highest BCUT2D eigenvalue weighted by atomic mass is 16.2. The Hall–Kier alpha value is -0.530. The summed E-state index contributed by atoms with van der Waals surface area (Å²) in [5.74, 6) is 0.750. The van der Waals surface area contributed by atoms with Crippen molar-refractivity contribution < 1.29 is 4.79 Å². The molecule has 0 unspecified atom stereocenters. The Morgan fingerprint density at radius 1 is 1.50 bits per heavy atom. The Morgan fingerprint density at radius 3 is 2.10 bits per heavy atom. The van der Waals surface area contributed by atoms with Crippen LogP contribution in [-0.2, 0) is 4.79 Å². The van der Waals surface area contributed by atoms with E-state index >= 15 is 0 Å². The smallest absolute Gasteiger partial charge is 0.219 e. The molecule has 0 fully saturated rings. The molecule has 0 aliphatic rings. The van der Waals surface area contributed by atoms with Gasteiger partial charge in [0.05, 0.1) is 0 Å². The van der Waals surface area contributed by atoms with Crippen molar-refractivity contribution in [2.24, 2.45) is 5.92 Å². The van der Waals surface area contributed by atoms with E-state index in [1.54, 1.807) is 6.92 Å². The Kier molecular flexibility index (Phi) is 4.08. The molecule has 0 saturated carbocycles. The van der Waals surface area contributed by atoms with Crippen LogP contribution >= 0.6 is 0 Å². The number of hydrogen-bond acceptors (Lipinski definition) is 1. The molecule has 0 atom stereocenters. The highest BCUT2D eigenvalue weighted by Crippen LogP contribution is 1.97. The van der Waals surface area contributed by atoms with Gasteiger partial charge in [-0.3, -0.25) is 4.79 Å². The van der Waals surface area contributed by atoms with E-state index in [0.29, 0.717) is 5.92 Å². The van der Waals surface area contributed by atoms with Gasteiger partial charge in [-0.25, -0.2) is 0 Å². The molecule has 1 amide bonds. The first-order valence-corrected chi connectivity index (χ1v) is 3.83. The maximum absolute atomic E-state index is 10.8. The van der Waals surface area contributed by atoms with Gasteiger partial charge in [0.2, 0.25) is 5.91 Å². The predicted molar refractivity (Wildman–Crippen MR) is 42.8 cm³/mol. The zero-order valence-corrected chi connectivity index (χ0v) is 7.35. The van der Waals surface area contributed by atoms with Crippen molar-refractivity contribution in [1.82, 2.24) is 4.90 Å². The van der Waals surface area contributed by atoms with Gasteiger partial charge in [0.1, 0.15) is 0 Å². The van der Waals surface area contributed by atoms with Crippen molar-refractivity contribution >= 4 is 5.91 Å². The fraction of sp³-hybridized carbons (Fsp3) is 0.875. The fourth-order valence-electron chi connectivity index (χ4n) is 0.921. The van der Waals surface area contributed by atoms with Gasteiger partial charge in [-0.05, 0) is 12.8 Å². The van der Waals surface area contributed by atoms with Gasteiger partial charge >= 0.3 is 0 Å². The summed E-state index contributed by atoms with van der Waals surface area (Å²) < 4.78 is 0. The highest BCUT2D eigenvalue weighted by molar-refractivity contribution is 5.73. The molecule has 0 N–H and O–H groups in total. The zero-order chi connectivity index (χ0) is 8.15. The van der Waals surface area contributed by atoms with Gasteiger partial charge in [0, 0.05) is 20.0 Å². The minimum absolute atomic E-state index is 0.177. The van der Waals surface area contributed by atoms with Crippen LogP contribution in [0.4, 0.5) is 0 Å². The van der Waals surface area contributed by atoms with Crippen LogP contribution < -0.4 is 0 Å². The molecular weight excluding hydrogens is 126 g/mol. The van der Waals surface area contributed by atoms with Crippen LogP contribution in [0, 0.1) is 5.92 Å². The number of carbonyl (C=O) groups is 1. The summed E-state index contributed by atoms with van der Waals surface area (Å²) in [4.78, 5) is 12.7. The van der Waals surface area contributed by atoms with E-state index in [1.165, 1.54) is 0 Å². The largest absolute Gasteiger partial charge is 0.343 e. The van der Waals surface area contributed by atoms with Crippen molar-refractivity contribution in [3.63, 3.8) is 0 Å². The standard InChI is InChI=1S/C8H17NO/c1-5-9(8(4)10)6-7(2)3/h7H,5-6H2,1-4H3. The topological polar surface area (TPSA) is 20.3 Å². The lowest BCUT2D eigenvalue weighted by molar-refractivity contribution is -0.129. The number of carbonyl (C=O) groups excluding carboxylic acids is 1. The average Bonchev–Trinajstić information content (AvgIpc) is 1.81. The van der Waals surface area contributed by atoms with Gasteiger partial charge in [0.15, 0.2) is 0 Å². The first kappa shape index (κ1) is 9.47. The van der Waals surface area contributed by atoms with E-state index in [2.05, 4.69) is 13.8 Å². The first-order chi connectivity index (χ1) is 4.57. The van der Waals surface area contributed by atoms with Crippen molar-refractivity contribution in [1.29, 1.82) is 0 Å². The van der Waals surface area contributed by atoms with Crippen LogP contribution in [0.25, 0.3) is 0 Å². The summed E-state index contributed by atoms with van der Waals surface area (Å²) in [5, 5.41) is 0. The second kappa shape index (κ2) is 4.31. The monoisotopic (exact) mass is 143 g/mol. The normalized spacial score (nSPS) is 10.1. The van der Waals surface area contributed by atoms with Crippen molar-refractivity contribution in [2.45, 2.75) is 27.7 Å². The van der Waals surface area contributed by atoms with Crippen LogP contribution in [0.5, 0.6) is 0 Å². The molecule has 0 aromatic carbocycles. The molecule has 0 aromatic heterocycles. The lowest BCUT2D eigenvalue weighted by Crippen LogP contribution is -2.31. The van der Waals surface area contributed by atoms with Gasteiger partial charge in [-0.15, -0.1) is 0 Å². The van der Waals surface area contributed by atoms with E-state index < -0.39 is 0 Å². The quantitative estimate of drug-likeness (QED) is 0.586. The van der Waals surface area contributed by atoms with Gasteiger partial charge in [-0.2, -0.15) is 0 Å². The lowest BCUT2D eigenvalue weighted by atomic mass is 10.2. The van der Waals surface area contributed by atoms with E-state index in [-0.39, 0.29) is 5.91 Å². The van der Waals surface area contributed by atoms with E-state index in [1.807, 2.05) is 11.8 Å². The number of amides is 1. The van der Waals surface area contributed by atoms with Crippen LogP contribution in [0.15, 0.2) is 0 Å². The maximum Gasteiger partial charge on any atom is 0.219 e. The number of rotatable bonds is 3. The second-order valence-electron chi connectivity index (χ2n) is 2.95. The Morgan fingerprint density at radius 2 is 2.00 bits per heavy atom. The SMILES string of the molecule is CCN(CC(C)C)C(C)=O. The van der Waals surface area contributed by atoms with Crippen molar-refractivity contribution in [2.75, 3.05) is 13.1 Å². The van der Waals surface area contributed by atoms with E-state index in [0.717, 1.165) is 13.1 Å². The third-order valence-corrected chi connectivity index (χ3v) is 1.41. The minimum Gasteiger partial charge on any atom is -0.343 e. The van der Waals surface area contributed by atoms with Crippen LogP contribution in [0.3, 0.4) is 0 Å². The fourth-order valence-corrected chi connectivity index (χ4v) is 0.921. The summed E-state index contributed by atoms with van der Waals surface area (Å²) in [7, 11) is 0.